The quantitative estimate of drug-likeness (QED) is 0.0895. The van der Waals surface area contributed by atoms with Crippen molar-refractivity contribution in [1.82, 2.24) is 9.97 Å². The molecule has 230 valence electrons. The predicted octanol–water partition coefficient (Wildman–Crippen LogP) is 6.29. The number of hydrogen-bond acceptors (Lipinski definition) is 11. The Bertz CT molecular complexity index is 1900. The topological polar surface area (TPSA) is 161 Å². The molecule has 0 spiro atoms. The monoisotopic (exact) mass is 646 g/mol. The first-order valence-electron chi connectivity index (χ1n) is 14.3. The number of hydrogen-bond donors (Lipinski definition) is 2. The Balaban J connectivity index is 1.23. The van der Waals surface area contributed by atoms with Crippen molar-refractivity contribution >= 4 is 34.9 Å². The summed E-state index contributed by atoms with van der Waals surface area (Å²) in [6.45, 7) is 2.20. The fourth-order valence-electron chi connectivity index (χ4n) is 4.61. The largest absolute Gasteiger partial charge is 0.490 e. The minimum absolute atomic E-state index is 0.0349. The molecule has 2 aromatic heterocycles. The number of nitriles is 2. The van der Waals surface area contributed by atoms with Gasteiger partial charge in [-0.05, 0) is 36.6 Å². The molecule has 0 aliphatic rings. The smallest absolute Gasteiger partial charge is 0.323 e. The molecule has 0 bridgehead atoms. The van der Waals surface area contributed by atoms with Gasteiger partial charge in [0.15, 0.2) is 0 Å². The van der Waals surface area contributed by atoms with Crippen LogP contribution in [0.3, 0.4) is 0 Å². The van der Waals surface area contributed by atoms with E-state index in [1.807, 2.05) is 54.8 Å². The van der Waals surface area contributed by atoms with Gasteiger partial charge < -0.3 is 20.9 Å². The van der Waals surface area contributed by atoms with E-state index in [1.165, 1.54) is 17.3 Å². The van der Waals surface area contributed by atoms with Gasteiger partial charge in [0.1, 0.15) is 58.6 Å². The number of carbonyl (C=O) groups excluding carboxylic acids is 1. The lowest BCUT2D eigenvalue weighted by atomic mass is 9.97. The third-order valence-electron chi connectivity index (χ3n) is 6.96. The molecule has 0 radical (unpaired) electrons. The Morgan fingerprint density at radius 2 is 1.63 bits per heavy atom. The highest BCUT2D eigenvalue weighted by atomic mass is 32.2. The van der Waals surface area contributed by atoms with Crippen molar-refractivity contribution in [2.24, 2.45) is 5.73 Å². The van der Waals surface area contributed by atoms with E-state index >= 15 is 0 Å². The summed E-state index contributed by atoms with van der Waals surface area (Å²) < 4.78 is 11.0. The molecule has 0 aliphatic carbocycles. The second-order valence-electron chi connectivity index (χ2n) is 10.3. The van der Waals surface area contributed by atoms with E-state index in [2.05, 4.69) is 29.3 Å². The Morgan fingerprint density at radius 3 is 2.33 bits per heavy atom. The number of nitrogen functional groups attached to an aromatic ring is 1. The molecule has 5 aromatic rings. The van der Waals surface area contributed by atoms with Gasteiger partial charge in [-0.1, -0.05) is 84.1 Å². The number of thioether (sulfide) groups is 1. The molecular formula is C35H30N6O3S2. The molecule has 0 amide bonds. The van der Waals surface area contributed by atoms with Gasteiger partial charge in [-0.3, -0.25) is 4.79 Å². The summed E-state index contributed by atoms with van der Waals surface area (Å²) in [5.41, 5.74) is 17.6. The standard InChI is InChI=1S/C35H30N6O3S2/c1-22-7-9-25(10-8-22)33-40-26(20-45-33)21-46-34-29(19-37)31(28(18-36)32(39)41-34)24-11-13-27(14-12-24)43-15-16-44-35(42)30(38)17-23-5-3-2-4-6-23/h2-14,20,30H,15-17,21,38H2,1H3,(H2,39,41)/t30-/m0/s1. The van der Waals surface area contributed by atoms with Crippen molar-refractivity contribution in [2.45, 2.75) is 30.2 Å². The lowest BCUT2D eigenvalue weighted by molar-refractivity contribution is -0.145. The van der Waals surface area contributed by atoms with Crippen molar-refractivity contribution in [3.8, 4) is 39.6 Å². The van der Waals surface area contributed by atoms with Crippen molar-refractivity contribution in [3.63, 3.8) is 0 Å². The van der Waals surface area contributed by atoms with E-state index in [9.17, 15) is 15.3 Å². The SMILES string of the molecule is Cc1ccc(-c2nc(CSc3nc(N)c(C#N)c(-c4ccc(OCCOC(=O)[C@@H](N)Cc5ccccc5)cc4)c3C#N)cs2)cc1. The average Bonchev–Trinajstić information content (AvgIpc) is 3.55. The summed E-state index contributed by atoms with van der Waals surface area (Å²) in [4.78, 5) is 21.4. The zero-order chi connectivity index (χ0) is 32.5. The minimum Gasteiger partial charge on any atom is -0.490 e. The number of esters is 1. The third kappa shape index (κ3) is 7.89. The minimum atomic E-state index is -0.765. The van der Waals surface area contributed by atoms with E-state index in [0.29, 0.717) is 34.1 Å². The van der Waals surface area contributed by atoms with Crippen molar-refractivity contribution < 1.29 is 14.3 Å². The van der Waals surface area contributed by atoms with Gasteiger partial charge in [0.05, 0.1) is 11.3 Å². The number of carbonyl (C=O) groups is 1. The number of rotatable bonds is 12. The third-order valence-corrected chi connectivity index (χ3v) is 8.91. The van der Waals surface area contributed by atoms with Crippen LogP contribution in [0.15, 0.2) is 89.3 Å². The number of pyridine rings is 1. The lowest BCUT2D eigenvalue weighted by Crippen LogP contribution is -2.35. The molecule has 4 N–H and O–H groups in total. The van der Waals surface area contributed by atoms with Gasteiger partial charge in [-0.15, -0.1) is 11.3 Å². The zero-order valence-corrected chi connectivity index (χ0v) is 26.6. The number of anilines is 1. The molecule has 0 fully saturated rings. The molecule has 3 aromatic carbocycles. The van der Waals surface area contributed by atoms with Crippen LogP contribution in [0.5, 0.6) is 5.75 Å². The Kier molecular flexibility index (Phi) is 10.6. The number of aryl methyl sites for hydroxylation is 1. The fourth-order valence-corrected chi connectivity index (χ4v) is 6.43. The van der Waals surface area contributed by atoms with Crippen LogP contribution in [0.1, 0.15) is 27.9 Å². The van der Waals surface area contributed by atoms with E-state index < -0.39 is 12.0 Å². The van der Waals surface area contributed by atoms with Gasteiger partial charge in [0.25, 0.3) is 0 Å². The van der Waals surface area contributed by atoms with Gasteiger partial charge in [-0.2, -0.15) is 10.5 Å². The average molecular weight is 647 g/mol. The molecule has 2 heterocycles. The first-order valence-corrected chi connectivity index (χ1v) is 16.2. The summed E-state index contributed by atoms with van der Waals surface area (Å²) in [7, 11) is 0. The summed E-state index contributed by atoms with van der Waals surface area (Å²) in [5, 5.41) is 23.4. The highest BCUT2D eigenvalue weighted by molar-refractivity contribution is 7.98. The number of thiazole rings is 1. The number of benzene rings is 3. The Hall–Kier alpha value is -5.20. The highest BCUT2D eigenvalue weighted by Crippen LogP contribution is 2.37. The van der Waals surface area contributed by atoms with Crippen molar-refractivity contribution in [2.75, 3.05) is 18.9 Å². The van der Waals surface area contributed by atoms with Gasteiger partial charge in [0.2, 0.25) is 0 Å². The second-order valence-corrected chi connectivity index (χ2v) is 12.1. The normalized spacial score (nSPS) is 11.3. The van der Waals surface area contributed by atoms with Crippen LogP contribution in [-0.2, 0) is 21.7 Å². The summed E-state index contributed by atoms with van der Waals surface area (Å²) in [6.07, 6.45) is 0.386. The molecule has 5 rings (SSSR count). The molecule has 0 unspecified atom stereocenters. The number of nitrogens with two attached hydrogens (primary N) is 2. The Labute approximate surface area is 275 Å². The molecule has 46 heavy (non-hydrogen) atoms. The maximum absolute atomic E-state index is 12.3. The molecule has 0 saturated heterocycles. The molecule has 0 aliphatic heterocycles. The lowest BCUT2D eigenvalue weighted by Gasteiger charge is -2.14. The van der Waals surface area contributed by atoms with Gasteiger partial charge in [-0.25, -0.2) is 9.97 Å². The van der Waals surface area contributed by atoms with Gasteiger partial charge in [0, 0.05) is 22.3 Å². The molecule has 11 heteroatoms. The van der Waals surface area contributed by atoms with E-state index in [4.69, 9.17) is 25.9 Å². The van der Waals surface area contributed by atoms with E-state index in [1.54, 1.807) is 35.6 Å². The van der Waals surface area contributed by atoms with Gasteiger partial charge >= 0.3 is 5.97 Å². The fraction of sp³-hybridized carbons (Fsp3) is 0.171. The first-order chi connectivity index (χ1) is 22.4. The van der Waals surface area contributed by atoms with Crippen LogP contribution in [0.4, 0.5) is 5.82 Å². The summed E-state index contributed by atoms with van der Waals surface area (Å²) in [5.74, 6) is 0.546. The van der Waals surface area contributed by atoms with Crippen LogP contribution >= 0.6 is 23.1 Å². The van der Waals surface area contributed by atoms with Crippen LogP contribution in [0.2, 0.25) is 0 Å². The van der Waals surface area contributed by atoms with Crippen LogP contribution in [-0.4, -0.2) is 35.2 Å². The maximum Gasteiger partial charge on any atom is 0.323 e. The first kappa shape index (κ1) is 32.2. The Morgan fingerprint density at radius 1 is 0.935 bits per heavy atom. The van der Waals surface area contributed by atoms with Crippen LogP contribution in [0, 0.1) is 29.6 Å². The van der Waals surface area contributed by atoms with Crippen molar-refractivity contribution in [3.05, 3.63) is 112 Å². The highest BCUT2D eigenvalue weighted by Gasteiger charge is 2.21. The molecular weight excluding hydrogens is 617 g/mol. The van der Waals surface area contributed by atoms with Crippen LogP contribution < -0.4 is 16.2 Å². The predicted molar refractivity (Wildman–Crippen MR) is 180 cm³/mol. The molecule has 0 saturated carbocycles. The number of ether oxygens (including phenoxy) is 2. The number of nitrogens with zero attached hydrogens (tertiary/aromatic N) is 4. The van der Waals surface area contributed by atoms with E-state index in [0.717, 1.165) is 21.8 Å². The molecule has 9 nitrogen and oxygen atoms in total. The van der Waals surface area contributed by atoms with Crippen molar-refractivity contribution in [1.29, 1.82) is 10.5 Å². The summed E-state index contributed by atoms with van der Waals surface area (Å²) in [6, 6.07) is 28.2. The van der Waals surface area contributed by atoms with E-state index in [-0.39, 0.29) is 30.2 Å². The zero-order valence-electron chi connectivity index (χ0n) is 25.0. The summed E-state index contributed by atoms with van der Waals surface area (Å²) >= 11 is 2.90. The van der Waals surface area contributed by atoms with Crippen LogP contribution in [0.25, 0.3) is 21.7 Å². The number of aromatic nitrogens is 2. The maximum atomic E-state index is 12.3. The molecule has 1 atom stereocenters. The second kappa shape index (κ2) is 15.2.